The molecule has 0 aliphatic rings. The average Bonchev–Trinajstić information content (AvgIpc) is 2.71. The maximum absolute atomic E-state index is 12.5. The van der Waals surface area contributed by atoms with Crippen LogP contribution in [0.15, 0.2) is 42.5 Å². The number of hydrogen-bond donors (Lipinski definition) is 0. The van der Waals surface area contributed by atoms with Crippen molar-refractivity contribution in [3.63, 3.8) is 0 Å². The van der Waals surface area contributed by atoms with Gasteiger partial charge in [-0.2, -0.15) is 0 Å². The molecule has 0 amide bonds. The van der Waals surface area contributed by atoms with Crippen LogP contribution in [0.5, 0.6) is 0 Å². The van der Waals surface area contributed by atoms with Crippen molar-refractivity contribution in [3.05, 3.63) is 80.5 Å². The first-order chi connectivity index (χ1) is 13.8. The molecule has 29 heavy (non-hydrogen) atoms. The minimum atomic E-state index is -0.741. The number of rotatable bonds is 5. The van der Waals surface area contributed by atoms with Crippen LogP contribution in [0.3, 0.4) is 0 Å². The number of methoxy groups -OCH3 is 1. The van der Waals surface area contributed by atoms with E-state index < -0.39 is 16.9 Å². The zero-order valence-corrected chi connectivity index (χ0v) is 16.1. The highest BCUT2D eigenvalue weighted by Crippen LogP contribution is 2.25. The predicted octanol–water partition coefficient (Wildman–Crippen LogP) is 3.90. The number of pyridine rings is 1. The van der Waals surface area contributed by atoms with Gasteiger partial charge >= 0.3 is 11.9 Å². The quantitative estimate of drug-likeness (QED) is 0.367. The summed E-state index contributed by atoms with van der Waals surface area (Å²) in [5, 5.41) is 11.9. The number of carbonyl (C=O) groups excluding carboxylic acids is 2. The van der Waals surface area contributed by atoms with Crippen LogP contribution in [0, 0.1) is 24.0 Å². The standard InChI is InChI=1S/C21H18N2O6/c1-12-15(8-6-10-18(12)23(26)27)20(24)29-11-17-19(21(25)28-3)13(2)14-7-4-5-9-16(14)22-17/h4-10H,11H2,1-3H3. The first kappa shape index (κ1) is 19.9. The Kier molecular flexibility index (Phi) is 5.54. The Bertz CT molecular complexity index is 1140. The predicted molar refractivity (Wildman–Crippen MR) is 105 cm³/mol. The van der Waals surface area contributed by atoms with Crippen molar-refractivity contribution in [2.75, 3.05) is 7.11 Å². The molecule has 8 heteroatoms. The van der Waals surface area contributed by atoms with Gasteiger partial charge in [0.1, 0.15) is 6.61 Å². The number of hydrogen-bond acceptors (Lipinski definition) is 7. The van der Waals surface area contributed by atoms with Crippen molar-refractivity contribution in [2.24, 2.45) is 0 Å². The van der Waals surface area contributed by atoms with E-state index in [1.165, 1.54) is 32.2 Å². The minimum Gasteiger partial charge on any atom is -0.465 e. The number of nitro benzene ring substituents is 1. The normalized spacial score (nSPS) is 10.6. The van der Waals surface area contributed by atoms with Crippen LogP contribution in [-0.4, -0.2) is 29.0 Å². The molecule has 1 heterocycles. The molecule has 0 unspecified atom stereocenters. The summed E-state index contributed by atoms with van der Waals surface area (Å²) in [6.07, 6.45) is 0. The van der Waals surface area contributed by atoms with E-state index >= 15 is 0 Å². The van der Waals surface area contributed by atoms with E-state index in [9.17, 15) is 19.7 Å². The maximum Gasteiger partial charge on any atom is 0.340 e. The van der Waals surface area contributed by atoms with Gasteiger partial charge in [-0.3, -0.25) is 10.1 Å². The van der Waals surface area contributed by atoms with E-state index in [1.807, 2.05) is 18.2 Å². The molecule has 0 aliphatic carbocycles. The fourth-order valence-corrected chi connectivity index (χ4v) is 3.17. The second-order valence-electron chi connectivity index (χ2n) is 6.35. The molecule has 148 valence electrons. The fourth-order valence-electron chi connectivity index (χ4n) is 3.17. The zero-order valence-electron chi connectivity index (χ0n) is 16.1. The Morgan fingerprint density at radius 3 is 2.45 bits per heavy atom. The molecule has 0 radical (unpaired) electrons. The van der Waals surface area contributed by atoms with E-state index in [0.717, 1.165) is 5.39 Å². The van der Waals surface area contributed by atoms with Gasteiger partial charge in [-0.1, -0.05) is 24.3 Å². The number of fused-ring (bicyclic) bond motifs is 1. The van der Waals surface area contributed by atoms with Gasteiger partial charge in [0.2, 0.25) is 0 Å². The Hall–Kier alpha value is -3.81. The number of ether oxygens (including phenoxy) is 2. The second kappa shape index (κ2) is 8.05. The molecular weight excluding hydrogens is 376 g/mol. The van der Waals surface area contributed by atoms with Crippen molar-refractivity contribution < 1.29 is 24.0 Å². The first-order valence-electron chi connectivity index (χ1n) is 8.72. The number of esters is 2. The molecule has 0 spiro atoms. The Balaban J connectivity index is 1.96. The van der Waals surface area contributed by atoms with Gasteiger partial charge in [0.05, 0.1) is 34.4 Å². The maximum atomic E-state index is 12.5. The fraction of sp³-hybridized carbons (Fsp3) is 0.190. The van der Waals surface area contributed by atoms with E-state index in [-0.39, 0.29) is 34.7 Å². The monoisotopic (exact) mass is 394 g/mol. The van der Waals surface area contributed by atoms with Gasteiger partial charge in [0, 0.05) is 17.0 Å². The lowest BCUT2D eigenvalue weighted by atomic mass is 10.0. The number of nitrogens with zero attached hydrogens (tertiary/aromatic N) is 2. The number of aromatic nitrogens is 1. The molecule has 0 aliphatic heterocycles. The third-order valence-corrected chi connectivity index (χ3v) is 4.68. The van der Waals surface area contributed by atoms with Crippen molar-refractivity contribution in [1.82, 2.24) is 4.98 Å². The molecule has 0 saturated carbocycles. The van der Waals surface area contributed by atoms with Crippen molar-refractivity contribution in [3.8, 4) is 0 Å². The molecule has 3 rings (SSSR count). The highest BCUT2D eigenvalue weighted by Gasteiger charge is 2.22. The third kappa shape index (κ3) is 3.77. The smallest absolute Gasteiger partial charge is 0.340 e. The van der Waals surface area contributed by atoms with Crippen LogP contribution in [0.25, 0.3) is 10.9 Å². The van der Waals surface area contributed by atoms with Crippen LogP contribution in [0.1, 0.15) is 37.5 Å². The summed E-state index contributed by atoms with van der Waals surface area (Å²) >= 11 is 0. The van der Waals surface area contributed by atoms with Crippen LogP contribution >= 0.6 is 0 Å². The molecule has 0 fully saturated rings. The largest absolute Gasteiger partial charge is 0.465 e. The minimum absolute atomic E-state index is 0.0799. The Morgan fingerprint density at radius 2 is 1.76 bits per heavy atom. The third-order valence-electron chi connectivity index (χ3n) is 4.68. The highest BCUT2D eigenvalue weighted by atomic mass is 16.6. The molecule has 0 saturated heterocycles. The van der Waals surface area contributed by atoms with E-state index in [1.54, 1.807) is 13.0 Å². The summed E-state index contributed by atoms with van der Waals surface area (Å²) < 4.78 is 10.2. The molecule has 0 bridgehead atoms. The lowest BCUT2D eigenvalue weighted by molar-refractivity contribution is -0.385. The number of carbonyl (C=O) groups is 2. The van der Waals surface area contributed by atoms with Gasteiger partial charge in [-0.25, -0.2) is 14.6 Å². The Labute approximate surface area is 166 Å². The molecule has 0 atom stereocenters. The zero-order chi connectivity index (χ0) is 21.1. The van der Waals surface area contributed by atoms with Crippen molar-refractivity contribution in [2.45, 2.75) is 20.5 Å². The number of benzene rings is 2. The SMILES string of the molecule is COC(=O)c1c(COC(=O)c2cccc([N+](=O)[O-])c2C)nc2ccccc2c1C. The van der Waals surface area contributed by atoms with E-state index in [0.29, 0.717) is 11.1 Å². The van der Waals surface area contributed by atoms with E-state index in [2.05, 4.69) is 4.98 Å². The molecule has 3 aromatic rings. The summed E-state index contributed by atoms with van der Waals surface area (Å²) in [7, 11) is 1.26. The average molecular weight is 394 g/mol. The van der Waals surface area contributed by atoms with Crippen molar-refractivity contribution >= 4 is 28.5 Å². The van der Waals surface area contributed by atoms with Gasteiger partial charge in [-0.05, 0) is 31.5 Å². The van der Waals surface area contributed by atoms with Crippen LogP contribution in [0.2, 0.25) is 0 Å². The summed E-state index contributed by atoms with van der Waals surface area (Å²) in [5.41, 5.74) is 1.92. The van der Waals surface area contributed by atoms with Crippen LogP contribution in [0.4, 0.5) is 5.69 Å². The number of nitro groups is 1. The van der Waals surface area contributed by atoms with Crippen molar-refractivity contribution in [1.29, 1.82) is 0 Å². The van der Waals surface area contributed by atoms with Gasteiger partial charge in [0.25, 0.3) is 5.69 Å². The van der Waals surface area contributed by atoms with Gasteiger partial charge < -0.3 is 9.47 Å². The second-order valence-corrected chi connectivity index (χ2v) is 6.35. The van der Waals surface area contributed by atoms with Gasteiger partial charge in [-0.15, -0.1) is 0 Å². The van der Waals surface area contributed by atoms with E-state index in [4.69, 9.17) is 9.47 Å². The summed E-state index contributed by atoms with van der Waals surface area (Å²) in [4.78, 5) is 39.8. The first-order valence-corrected chi connectivity index (χ1v) is 8.72. The highest BCUT2D eigenvalue weighted by molar-refractivity contribution is 5.98. The summed E-state index contributed by atoms with van der Waals surface area (Å²) in [6, 6.07) is 11.5. The number of para-hydroxylation sites is 1. The van der Waals surface area contributed by atoms with Crippen LogP contribution < -0.4 is 0 Å². The molecular formula is C21H18N2O6. The lowest BCUT2D eigenvalue weighted by Crippen LogP contribution is -2.14. The topological polar surface area (TPSA) is 109 Å². The molecule has 0 N–H and O–H groups in total. The number of aryl methyl sites for hydroxylation is 1. The summed E-state index contributed by atoms with van der Waals surface area (Å²) in [5.74, 6) is -1.33. The van der Waals surface area contributed by atoms with Crippen LogP contribution in [-0.2, 0) is 16.1 Å². The molecule has 1 aromatic heterocycles. The molecule has 8 nitrogen and oxygen atoms in total. The molecule has 2 aromatic carbocycles. The Morgan fingerprint density at radius 1 is 1.03 bits per heavy atom. The van der Waals surface area contributed by atoms with Gasteiger partial charge in [0.15, 0.2) is 0 Å². The summed E-state index contributed by atoms with van der Waals surface area (Å²) in [6.45, 7) is 2.97. The lowest BCUT2D eigenvalue weighted by Gasteiger charge is -2.14.